The Morgan fingerprint density at radius 3 is 2.44 bits per heavy atom. The van der Waals surface area contributed by atoms with Crippen molar-refractivity contribution in [2.75, 3.05) is 43.9 Å². The molecule has 2 aromatic carbocycles. The Morgan fingerprint density at radius 1 is 1.03 bits per heavy atom. The molecule has 4 rings (SSSR count). The van der Waals surface area contributed by atoms with Gasteiger partial charge in [-0.3, -0.25) is 9.59 Å². The number of halogens is 1. The maximum Gasteiger partial charge on any atom is 0.291 e. The molecule has 0 aromatic heterocycles. The largest absolute Gasteiger partial charge is 0.487 e. The van der Waals surface area contributed by atoms with Gasteiger partial charge in [-0.15, -0.1) is 11.8 Å². The van der Waals surface area contributed by atoms with Crippen molar-refractivity contribution in [3.05, 3.63) is 76.6 Å². The lowest BCUT2D eigenvalue weighted by Gasteiger charge is -2.32. The number of anilines is 1. The molecule has 180 valence electrons. The highest BCUT2D eigenvalue weighted by atomic mass is 32.2. The number of amides is 2. The number of nitrogens with one attached hydrogen (secondary N) is 2. The number of thioether (sulfide) groups is 1. The van der Waals surface area contributed by atoms with Crippen LogP contribution in [0.3, 0.4) is 0 Å². The fraction of sp³-hybridized carbons (Fsp3) is 0.385. The highest BCUT2D eigenvalue weighted by molar-refractivity contribution is 8.02. The summed E-state index contributed by atoms with van der Waals surface area (Å²) in [7, 11) is 0. The van der Waals surface area contributed by atoms with Crippen molar-refractivity contribution < 1.29 is 18.7 Å². The minimum absolute atomic E-state index is 0.105. The highest BCUT2D eigenvalue weighted by Gasteiger charge is 2.20. The van der Waals surface area contributed by atoms with Crippen molar-refractivity contribution in [3.8, 4) is 0 Å². The molecule has 1 saturated heterocycles. The van der Waals surface area contributed by atoms with Gasteiger partial charge in [0.25, 0.3) is 11.8 Å². The maximum absolute atomic E-state index is 13.0. The molecule has 1 fully saturated rings. The minimum atomic E-state index is -0.284. The first-order valence-corrected chi connectivity index (χ1v) is 12.7. The predicted molar refractivity (Wildman–Crippen MR) is 133 cm³/mol. The molecule has 6 nitrogen and oxygen atoms in total. The van der Waals surface area contributed by atoms with Gasteiger partial charge in [-0.25, -0.2) is 4.39 Å². The second-order valence-electron chi connectivity index (χ2n) is 8.60. The summed E-state index contributed by atoms with van der Waals surface area (Å²) in [5.41, 5.74) is 2.34. The van der Waals surface area contributed by atoms with Gasteiger partial charge in [0.05, 0.1) is 6.61 Å². The fourth-order valence-corrected chi connectivity index (χ4v) is 4.70. The third-order valence-corrected chi connectivity index (χ3v) is 6.95. The van der Waals surface area contributed by atoms with Gasteiger partial charge in [0.15, 0.2) is 5.76 Å². The van der Waals surface area contributed by atoms with Crippen molar-refractivity contribution in [1.29, 1.82) is 0 Å². The van der Waals surface area contributed by atoms with Gasteiger partial charge in [0.1, 0.15) is 5.82 Å². The van der Waals surface area contributed by atoms with Crippen LogP contribution in [0.2, 0.25) is 0 Å². The molecule has 2 aliphatic rings. The SMILES string of the molecule is O=C(Nc1ccc(C(=O)NCC2CCN(CCc3ccc(F)cc3)CC2)cc1)C1=CSCCO1. The van der Waals surface area contributed by atoms with E-state index in [0.29, 0.717) is 36.1 Å². The van der Waals surface area contributed by atoms with E-state index >= 15 is 0 Å². The second kappa shape index (κ2) is 12.0. The quantitative estimate of drug-likeness (QED) is 0.593. The van der Waals surface area contributed by atoms with Gasteiger partial charge in [0.2, 0.25) is 0 Å². The summed E-state index contributed by atoms with van der Waals surface area (Å²) < 4.78 is 18.4. The van der Waals surface area contributed by atoms with E-state index in [1.165, 1.54) is 12.1 Å². The smallest absolute Gasteiger partial charge is 0.291 e. The number of nitrogens with zero attached hydrogens (tertiary/aromatic N) is 1. The average molecular weight is 484 g/mol. The summed E-state index contributed by atoms with van der Waals surface area (Å²) in [6, 6.07) is 13.6. The standard InChI is InChI=1S/C26H30FN3O3S/c27-22-5-1-19(2-6-22)9-12-30-13-10-20(11-14-30)17-28-25(31)21-3-7-23(8-4-21)29-26(32)24-18-34-16-15-33-24/h1-8,18,20H,9-17H2,(H,28,31)(H,29,32). The van der Waals surface area contributed by atoms with E-state index in [2.05, 4.69) is 15.5 Å². The van der Waals surface area contributed by atoms with Crippen molar-refractivity contribution in [2.24, 2.45) is 5.92 Å². The van der Waals surface area contributed by atoms with Crippen LogP contribution < -0.4 is 10.6 Å². The summed E-state index contributed by atoms with van der Waals surface area (Å²) in [5.74, 6) is 1.04. The topological polar surface area (TPSA) is 70.7 Å². The number of carbonyl (C=O) groups excluding carboxylic acids is 2. The molecule has 2 aliphatic heterocycles. The molecule has 0 atom stereocenters. The van der Waals surface area contributed by atoms with E-state index in [1.54, 1.807) is 41.4 Å². The van der Waals surface area contributed by atoms with Gasteiger partial charge in [-0.05, 0) is 80.2 Å². The van der Waals surface area contributed by atoms with Gasteiger partial charge in [0, 0.05) is 35.5 Å². The van der Waals surface area contributed by atoms with Crippen molar-refractivity contribution in [1.82, 2.24) is 10.2 Å². The van der Waals surface area contributed by atoms with Crippen molar-refractivity contribution in [3.63, 3.8) is 0 Å². The van der Waals surface area contributed by atoms with E-state index in [4.69, 9.17) is 4.74 Å². The summed E-state index contributed by atoms with van der Waals surface area (Å²) in [6.07, 6.45) is 3.01. The Balaban J connectivity index is 1.16. The van der Waals surface area contributed by atoms with Crippen LogP contribution >= 0.6 is 11.8 Å². The van der Waals surface area contributed by atoms with Crippen molar-refractivity contribution in [2.45, 2.75) is 19.3 Å². The van der Waals surface area contributed by atoms with E-state index in [9.17, 15) is 14.0 Å². The number of hydrogen-bond acceptors (Lipinski definition) is 5. The van der Waals surface area contributed by atoms with E-state index in [0.717, 1.165) is 50.2 Å². The summed E-state index contributed by atoms with van der Waals surface area (Å²) >= 11 is 1.55. The number of carbonyl (C=O) groups is 2. The van der Waals surface area contributed by atoms with Crippen LogP contribution in [0.1, 0.15) is 28.8 Å². The van der Waals surface area contributed by atoms with Crippen LogP contribution in [0.4, 0.5) is 10.1 Å². The maximum atomic E-state index is 13.0. The Hall–Kier alpha value is -2.84. The van der Waals surface area contributed by atoms with Crippen LogP contribution in [0.5, 0.6) is 0 Å². The van der Waals surface area contributed by atoms with Gasteiger partial charge < -0.3 is 20.3 Å². The van der Waals surface area contributed by atoms with Crippen LogP contribution in [0.15, 0.2) is 59.7 Å². The molecule has 2 aromatic rings. The van der Waals surface area contributed by atoms with Crippen LogP contribution in [-0.4, -0.2) is 55.3 Å². The first kappa shape index (κ1) is 24.3. The predicted octanol–water partition coefficient (Wildman–Crippen LogP) is 4.05. The zero-order valence-corrected chi connectivity index (χ0v) is 19.9. The summed E-state index contributed by atoms with van der Waals surface area (Å²) in [5, 5.41) is 7.56. The van der Waals surface area contributed by atoms with Gasteiger partial charge >= 0.3 is 0 Å². The van der Waals surface area contributed by atoms with E-state index in [-0.39, 0.29) is 17.6 Å². The molecule has 0 radical (unpaired) electrons. The molecule has 2 heterocycles. The first-order chi connectivity index (χ1) is 16.6. The van der Waals surface area contributed by atoms with Crippen LogP contribution in [-0.2, 0) is 16.0 Å². The fourth-order valence-electron chi connectivity index (χ4n) is 4.08. The zero-order valence-electron chi connectivity index (χ0n) is 19.1. The van der Waals surface area contributed by atoms with Crippen molar-refractivity contribution >= 4 is 29.3 Å². The van der Waals surface area contributed by atoms with Crippen LogP contribution in [0, 0.1) is 11.7 Å². The lowest BCUT2D eigenvalue weighted by molar-refractivity contribution is -0.116. The Morgan fingerprint density at radius 2 is 1.76 bits per heavy atom. The number of piperidine rings is 1. The lowest BCUT2D eigenvalue weighted by Crippen LogP contribution is -2.39. The van der Waals surface area contributed by atoms with Gasteiger partial charge in [-0.1, -0.05) is 12.1 Å². The molecular formula is C26H30FN3O3S. The lowest BCUT2D eigenvalue weighted by atomic mass is 9.96. The molecule has 8 heteroatoms. The van der Waals surface area contributed by atoms with E-state index in [1.807, 2.05) is 12.1 Å². The molecule has 0 bridgehead atoms. The average Bonchev–Trinajstić information content (AvgIpc) is 2.88. The number of likely N-dealkylation sites (tertiary alicyclic amines) is 1. The first-order valence-electron chi connectivity index (χ1n) is 11.7. The minimum Gasteiger partial charge on any atom is -0.487 e. The normalized spacial score (nSPS) is 16.9. The number of benzene rings is 2. The Kier molecular flexibility index (Phi) is 8.60. The molecule has 0 saturated carbocycles. The molecule has 2 amide bonds. The summed E-state index contributed by atoms with van der Waals surface area (Å²) in [4.78, 5) is 27.2. The third-order valence-electron chi connectivity index (χ3n) is 6.17. The Bertz CT molecular complexity index is 1000. The number of rotatable bonds is 8. The second-order valence-corrected chi connectivity index (χ2v) is 9.58. The molecule has 34 heavy (non-hydrogen) atoms. The molecular weight excluding hydrogens is 453 g/mol. The molecule has 2 N–H and O–H groups in total. The number of hydrogen-bond donors (Lipinski definition) is 2. The van der Waals surface area contributed by atoms with Gasteiger partial charge in [-0.2, -0.15) is 0 Å². The highest BCUT2D eigenvalue weighted by Crippen LogP contribution is 2.19. The monoisotopic (exact) mass is 483 g/mol. The third kappa shape index (κ3) is 7.08. The zero-order chi connectivity index (χ0) is 23.8. The molecule has 0 aliphatic carbocycles. The summed E-state index contributed by atoms with van der Waals surface area (Å²) in [6.45, 7) is 4.17. The number of ether oxygens (including phenoxy) is 1. The Labute approximate surface area is 203 Å². The van der Waals surface area contributed by atoms with E-state index < -0.39 is 0 Å². The molecule has 0 unspecified atom stereocenters. The molecule has 0 spiro atoms. The van der Waals surface area contributed by atoms with Crippen LogP contribution in [0.25, 0.3) is 0 Å².